The summed E-state index contributed by atoms with van der Waals surface area (Å²) in [5, 5.41) is 4.51. The number of thiophene rings is 1. The SMILES string of the molecule is CCOc1cccc(Nc2nc(Cl)nc3sc(C)cc23)c1. The topological polar surface area (TPSA) is 47.0 Å². The zero-order valence-electron chi connectivity index (χ0n) is 11.7. The van der Waals surface area contributed by atoms with Gasteiger partial charge in [0.05, 0.1) is 12.0 Å². The van der Waals surface area contributed by atoms with Crippen LogP contribution in [0.1, 0.15) is 11.8 Å². The molecule has 2 heterocycles. The van der Waals surface area contributed by atoms with Crippen molar-refractivity contribution in [3.05, 3.63) is 40.5 Å². The lowest BCUT2D eigenvalue weighted by Gasteiger charge is -2.09. The molecular formula is C15H14ClN3OS. The van der Waals surface area contributed by atoms with Gasteiger partial charge in [-0.25, -0.2) is 4.98 Å². The van der Waals surface area contributed by atoms with Crippen LogP contribution in [0.15, 0.2) is 30.3 Å². The van der Waals surface area contributed by atoms with Gasteiger partial charge >= 0.3 is 0 Å². The highest BCUT2D eigenvalue weighted by atomic mass is 35.5. The largest absolute Gasteiger partial charge is 0.494 e. The third-order valence-electron chi connectivity index (χ3n) is 2.90. The molecule has 0 spiro atoms. The Morgan fingerprint density at radius 2 is 2.14 bits per heavy atom. The van der Waals surface area contributed by atoms with Gasteiger partial charge in [0.25, 0.3) is 0 Å². The number of fused-ring (bicyclic) bond motifs is 1. The second kappa shape index (κ2) is 5.87. The Labute approximate surface area is 131 Å². The van der Waals surface area contributed by atoms with Crippen molar-refractivity contribution in [3.8, 4) is 5.75 Å². The van der Waals surface area contributed by atoms with Gasteiger partial charge in [0.1, 0.15) is 16.4 Å². The Morgan fingerprint density at radius 3 is 2.95 bits per heavy atom. The number of nitrogens with one attached hydrogen (secondary N) is 1. The minimum absolute atomic E-state index is 0.243. The van der Waals surface area contributed by atoms with E-state index in [0.29, 0.717) is 12.4 Å². The summed E-state index contributed by atoms with van der Waals surface area (Å²) in [6, 6.07) is 9.82. The summed E-state index contributed by atoms with van der Waals surface area (Å²) in [6.45, 7) is 4.64. The van der Waals surface area contributed by atoms with Crippen molar-refractivity contribution in [1.82, 2.24) is 9.97 Å². The molecule has 0 aliphatic carbocycles. The number of aryl methyl sites for hydroxylation is 1. The van der Waals surface area contributed by atoms with Crippen molar-refractivity contribution in [1.29, 1.82) is 0 Å². The first-order chi connectivity index (χ1) is 10.2. The second-order valence-electron chi connectivity index (χ2n) is 4.50. The van der Waals surface area contributed by atoms with Crippen LogP contribution < -0.4 is 10.1 Å². The molecule has 0 bridgehead atoms. The first kappa shape index (κ1) is 14.1. The first-order valence-corrected chi connectivity index (χ1v) is 7.78. The van der Waals surface area contributed by atoms with E-state index in [4.69, 9.17) is 16.3 Å². The van der Waals surface area contributed by atoms with Gasteiger partial charge in [-0.2, -0.15) is 4.98 Å². The molecule has 0 saturated heterocycles. The Kier molecular flexibility index (Phi) is 3.94. The van der Waals surface area contributed by atoms with Crippen molar-refractivity contribution in [2.24, 2.45) is 0 Å². The van der Waals surface area contributed by atoms with E-state index in [1.165, 1.54) is 4.88 Å². The van der Waals surface area contributed by atoms with Crippen molar-refractivity contribution >= 4 is 44.7 Å². The smallest absolute Gasteiger partial charge is 0.225 e. The van der Waals surface area contributed by atoms with E-state index in [-0.39, 0.29) is 5.28 Å². The number of hydrogen-bond acceptors (Lipinski definition) is 5. The summed E-state index contributed by atoms with van der Waals surface area (Å²) in [4.78, 5) is 10.6. The van der Waals surface area contributed by atoms with Gasteiger partial charge in [-0.15, -0.1) is 11.3 Å². The quantitative estimate of drug-likeness (QED) is 0.702. The van der Waals surface area contributed by atoms with Crippen LogP contribution in [-0.2, 0) is 0 Å². The van der Waals surface area contributed by atoms with Gasteiger partial charge in [-0.3, -0.25) is 0 Å². The fraction of sp³-hybridized carbons (Fsp3) is 0.200. The normalized spacial score (nSPS) is 10.8. The maximum Gasteiger partial charge on any atom is 0.225 e. The van der Waals surface area contributed by atoms with E-state index < -0.39 is 0 Å². The minimum Gasteiger partial charge on any atom is -0.494 e. The molecule has 2 aromatic heterocycles. The standard InChI is InChI=1S/C15H14ClN3OS/c1-3-20-11-6-4-5-10(8-11)17-13-12-7-9(2)21-14(12)19-15(16)18-13/h4-8H,3H2,1-2H3,(H,17,18,19). The lowest BCUT2D eigenvalue weighted by Crippen LogP contribution is -1.97. The fourth-order valence-electron chi connectivity index (χ4n) is 2.08. The van der Waals surface area contributed by atoms with Gasteiger partial charge in [0.15, 0.2) is 0 Å². The number of ether oxygens (including phenoxy) is 1. The van der Waals surface area contributed by atoms with E-state index in [9.17, 15) is 0 Å². The van der Waals surface area contributed by atoms with Gasteiger partial charge < -0.3 is 10.1 Å². The number of benzene rings is 1. The van der Waals surface area contributed by atoms with Crippen LogP contribution in [0.2, 0.25) is 5.28 Å². The van der Waals surface area contributed by atoms with E-state index in [0.717, 1.165) is 21.7 Å². The van der Waals surface area contributed by atoms with Gasteiger partial charge in [-0.1, -0.05) is 6.07 Å². The molecular weight excluding hydrogens is 306 g/mol. The first-order valence-electron chi connectivity index (χ1n) is 6.59. The fourth-order valence-corrected chi connectivity index (χ4v) is 3.18. The van der Waals surface area contributed by atoms with Crippen LogP contribution in [0, 0.1) is 6.92 Å². The summed E-state index contributed by atoms with van der Waals surface area (Å²) in [5.41, 5.74) is 0.904. The molecule has 3 rings (SSSR count). The molecule has 0 atom stereocenters. The lowest BCUT2D eigenvalue weighted by molar-refractivity contribution is 0.340. The maximum atomic E-state index is 6.00. The minimum atomic E-state index is 0.243. The van der Waals surface area contributed by atoms with Crippen molar-refractivity contribution in [2.75, 3.05) is 11.9 Å². The molecule has 21 heavy (non-hydrogen) atoms. The van der Waals surface area contributed by atoms with E-state index in [1.54, 1.807) is 11.3 Å². The monoisotopic (exact) mass is 319 g/mol. The van der Waals surface area contributed by atoms with E-state index in [1.807, 2.05) is 38.1 Å². The lowest BCUT2D eigenvalue weighted by atomic mass is 10.3. The van der Waals surface area contributed by atoms with Crippen LogP contribution in [0.3, 0.4) is 0 Å². The number of hydrogen-bond donors (Lipinski definition) is 1. The predicted octanol–water partition coefficient (Wildman–Crippen LogP) is 4.80. The Hall–Kier alpha value is -1.85. The number of rotatable bonds is 4. The highest BCUT2D eigenvalue weighted by Gasteiger charge is 2.10. The molecule has 1 N–H and O–H groups in total. The molecule has 1 aromatic carbocycles. The molecule has 0 amide bonds. The van der Waals surface area contributed by atoms with Crippen LogP contribution in [0.25, 0.3) is 10.2 Å². The van der Waals surface area contributed by atoms with Gasteiger partial charge in [-0.05, 0) is 43.6 Å². The highest BCUT2D eigenvalue weighted by Crippen LogP contribution is 2.31. The Balaban J connectivity index is 1.99. The second-order valence-corrected chi connectivity index (χ2v) is 6.08. The van der Waals surface area contributed by atoms with E-state index in [2.05, 4.69) is 21.4 Å². The Bertz CT molecular complexity index is 788. The molecule has 0 unspecified atom stereocenters. The van der Waals surface area contributed by atoms with Crippen LogP contribution >= 0.6 is 22.9 Å². The molecule has 108 valence electrons. The molecule has 0 fully saturated rings. The van der Waals surface area contributed by atoms with Crippen molar-refractivity contribution < 1.29 is 4.74 Å². The summed E-state index contributed by atoms with van der Waals surface area (Å²) in [7, 11) is 0. The number of aromatic nitrogens is 2. The molecule has 0 aliphatic rings. The average molecular weight is 320 g/mol. The molecule has 4 nitrogen and oxygen atoms in total. The highest BCUT2D eigenvalue weighted by molar-refractivity contribution is 7.18. The van der Waals surface area contributed by atoms with Crippen molar-refractivity contribution in [3.63, 3.8) is 0 Å². The van der Waals surface area contributed by atoms with Crippen LogP contribution in [-0.4, -0.2) is 16.6 Å². The summed E-state index contributed by atoms with van der Waals surface area (Å²) in [5.74, 6) is 1.53. The summed E-state index contributed by atoms with van der Waals surface area (Å²) < 4.78 is 5.50. The molecule has 0 saturated carbocycles. The molecule has 6 heteroatoms. The predicted molar refractivity (Wildman–Crippen MR) is 88.1 cm³/mol. The van der Waals surface area contributed by atoms with Crippen LogP contribution in [0.5, 0.6) is 5.75 Å². The van der Waals surface area contributed by atoms with Gasteiger partial charge in [0, 0.05) is 16.6 Å². The van der Waals surface area contributed by atoms with Crippen molar-refractivity contribution in [2.45, 2.75) is 13.8 Å². The number of anilines is 2. The molecule has 0 radical (unpaired) electrons. The average Bonchev–Trinajstić information content (AvgIpc) is 2.80. The summed E-state index contributed by atoms with van der Waals surface area (Å²) in [6.07, 6.45) is 0. The summed E-state index contributed by atoms with van der Waals surface area (Å²) >= 11 is 7.60. The Morgan fingerprint density at radius 1 is 1.29 bits per heavy atom. The van der Waals surface area contributed by atoms with Crippen LogP contribution in [0.4, 0.5) is 11.5 Å². The maximum absolute atomic E-state index is 6.00. The zero-order chi connectivity index (χ0) is 14.8. The third kappa shape index (κ3) is 3.09. The number of nitrogens with zero attached hydrogens (tertiary/aromatic N) is 2. The van der Waals surface area contributed by atoms with E-state index >= 15 is 0 Å². The van der Waals surface area contributed by atoms with Gasteiger partial charge in [0.2, 0.25) is 5.28 Å². The molecule has 3 aromatic rings. The number of halogens is 1. The third-order valence-corrected chi connectivity index (χ3v) is 4.01. The molecule has 0 aliphatic heterocycles. The zero-order valence-corrected chi connectivity index (χ0v) is 13.3.